The van der Waals surface area contributed by atoms with E-state index in [1.54, 1.807) is 16.4 Å². The number of benzene rings is 1. The van der Waals surface area contributed by atoms with Gasteiger partial charge in [-0.15, -0.1) is 0 Å². The minimum atomic E-state index is -3.33. The summed E-state index contributed by atoms with van der Waals surface area (Å²) in [6, 6.07) is 7.18. The van der Waals surface area contributed by atoms with Crippen molar-refractivity contribution in [1.29, 1.82) is 0 Å². The van der Waals surface area contributed by atoms with E-state index >= 15 is 0 Å². The zero-order valence-corrected chi connectivity index (χ0v) is 14.1. The van der Waals surface area contributed by atoms with Crippen LogP contribution in [0.4, 0.5) is 0 Å². The van der Waals surface area contributed by atoms with Gasteiger partial charge in [-0.25, -0.2) is 12.7 Å². The highest BCUT2D eigenvalue weighted by Crippen LogP contribution is 2.26. The van der Waals surface area contributed by atoms with E-state index in [2.05, 4.69) is 13.8 Å². The standard InChI is InChI=1S/C15H22N2O2S2/c1-11-7-8-17(9-12(11)2)21(18,19)10-13-5-3-4-6-14(13)15(16)20/h3-6,11-12H,7-10H2,1-2H3,(H2,16,20). The third kappa shape index (κ3) is 3.81. The smallest absolute Gasteiger partial charge is 0.218 e. The third-order valence-corrected chi connectivity index (χ3v) is 6.33. The quantitative estimate of drug-likeness (QED) is 0.861. The number of rotatable bonds is 4. The van der Waals surface area contributed by atoms with Crippen LogP contribution >= 0.6 is 12.2 Å². The molecule has 2 unspecified atom stereocenters. The van der Waals surface area contributed by atoms with Crippen LogP contribution in [0.2, 0.25) is 0 Å². The second-order valence-corrected chi connectivity index (χ2v) is 8.29. The van der Waals surface area contributed by atoms with Gasteiger partial charge < -0.3 is 5.73 Å². The molecule has 2 rings (SSSR count). The maximum absolute atomic E-state index is 12.6. The molecule has 1 heterocycles. The lowest BCUT2D eigenvalue weighted by Gasteiger charge is -2.34. The van der Waals surface area contributed by atoms with Crippen molar-refractivity contribution in [3.8, 4) is 0 Å². The molecule has 1 aromatic carbocycles. The van der Waals surface area contributed by atoms with Crippen LogP contribution in [-0.4, -0.2) is 30.8 Å². The number of piperidine rings is 1. The highest BCUT2D eigenvalue weighted by atomic mass is 32.2. The number of thiocarbonyl (C=S) groups is 1. The van der Waals surface area contributed by atoms with Gasteiger partial charge in [0.1, 0.15) is 4.99 Å². The number of nitrogens with zero attached hydrogens (tertiary/aromatic N) is 1. The summed E-state index contributed by atoms with van der Waals surface area (Å²) in [6.45, 7) is 5.48. The molecule has 0 spiro atoms. The minimum absolute atomic E-state index is 0.0401. The van der Waals surface area contributed by atoms with E-state index in [1.165, 1.54) is 0 Å². The van der Waals surface area contributed by atoms with Gasteiger partial charge in [0.2, 0.25) is 10.0 Å². The molecule has 2 N–H and O–H groups in total. The molecule has 1 aromatic rings. The third-order valence-electron chi connectivity index (χ3n) is 4.31. The van der Waals surface area contributed by atoms with Gasteiger partial charge in [-0.1, -0.05) is 50.3 Å². The van der Waals surface area contributed by atoms with Crippen molar-refractivity contribution in [1.82, 2.24) is 4.31 Å². The summed E-state index contributed by atoms with van der Waals surface area (Å²) < 4.78 is 26.9. The summed E-state index contributed by atoms with van der Waals surface area (Å²) in [7, 11) is -3.33. The maximum atomic E-state index is 12.6. The zero-order chi connectivity index (χ0) is 15.6. The topological polar surface area (TPSA) is 63.4 Å². The second kappa shape index (κ2) is 6.42. The predicted octanol–water partition coefficient (Wildman–Crippen LogP) is 2.13. The van der Waals surface area contributed by atoms with Crippen molar-refractivity contribution < 1.29 is 8.42 Å². The van der Waals surface area contributed by atoms with E-state index in [-0.39, 0.29) is 10.7 Å². The molecule has 1 fully saturated rings. The molecule has 1 aliphatic rings. The number of nitrogens with two attached hydrogens (primary N) is 1. The highest BCUT2D eigenvalue weighted by molar-refractivity contribution is 7.88. The largest absolute Gasteiger partial charge is 0.389 e. The average molecular weight is 326 g/mol. The summed E-state index contributed by atoms with van der Waals surface area (Å²) in [5.41, 5.74) is 7.00. The van der Waals surface area contributed by atoms with Crippen LogP contribution in [0.1, 0.15) is 31.4 Å². The fourth-order valence-corrected chi connectivity index (χ4v) is 4.52. The monoisotopic (exact) mass is 326 g/mol. The van der Waals surface area contributed by atoms with Crippen molar-refractivity contribution in [2.45, 2.75) is 26.0 Å². The van der Waals surface area contributed by atoms with Gasteiger partial charge in [0.25, 0.3) is 0 Å². The Morgan fingerprint density at radius 2 is 2.00 bits per heavy atom. The zero-order valence-electron chi connectivity index (χ0n) is 12.5. The summed E-state index contributed by atoms with van der Waals surface area (Å²) >= 11 is 5.00. The molecule has 0 amide bonds. The molecule has 0 bridgehead atoms. The normalized spacial score (nSPS) is 23.9. The molecule has 0 aromatic heterocycles. The van der Waals surface area contributed by atoms with E-state index in [9.17, 15) is 8.42 Å². The van der Waals surface area contributed by atoms with Crippen molar-refractivity contribution in [2.75, 3.05) is 13.1 Å². The number of sulfonamides is 1. The SMILES string of the molecule is CC1CCN(S(=O)(=O)Cc2ccccc2C(N)=S)CC1C. The summed E-state index contributed by atoms with van der Waals surface area (Å²) in [5.74, 6) is 0.918. The van der Waals surface area contributed by atoms with E-state index in [4.69, 9.17) is 18.0 Å². The number of hydrogen-bond donors (Lipinski definition) is 1. The fraction of sp³-hybridized carbons (Fsp3) is 0.533. The number of hydrogen-bond acceptors (Lipinski definition) is 3. The molecule has 1 aliphatic heterocycles. The van der Waals surface area contributed by atoms with Gasteiger partial charge in [-0.2, -0.15) is 0 Å². The molecule has 0 radical (unpaired) electrons. The Balaban J connectivity index is 2.20. The first kappa shape index (κ1) is 16.4. The van der Waals surface area contributed by atoms with Crippen molar-refractivity contribution >= 4 is 27.2 Å². The Hall–Kier alpha value is -0.980. The average Bonchev–Trinajstić information content (AvgIpc) is 2.41. The predicted molar refractivity (Wildman–Crippen MR) is 89.5 cm³/mol. The van der Waals surface area contributed by atoms with Gasteiger partial charge in [-0.3, -0.25) is 0 Å². The molecule has 0 saturated carbocycles. The molecular formula is C15H22N2O2S2. The molecule has 21 heavy (non-hydrogen) atoms. The fourth-order valence-electron chi connectivity index (χ4n) is 2.65. The molecule has 116 valence electrons. The van der Waals surface area contributed by atoms with Crippen LogP contribution < -0.4 is 5.73 Å². The summed E-state index contributed by atoms with van der Waals surface area (Å²) in [4.78, 5) is 0.237. The Bertz CT molecular complexity index is 628. The van der Waals surface area contributed by atoms with Crippen LogP contribution in [0, 0.1) is 11.8 Å². The molecule has 4 nitrogen and oxygen atoms in total. The van der Waals surface area contributed by atoms with Crippen LogP contribution in [0.15, 0.2) is 24.3 Å². The van der Waals surface area contributed by atoms with Gasteiger partial charge >= 0.3 is 0 Å². The lowest BCUT2D eigenvalue weighted by atomic mass is 9.90. The summed E-state index contributed by atoms with van der Waals surface area (Å²) in [5, 5.41) is 0. The van der Waals surface area contributed by atoms with Crippen LogP contribution in [-0.2, 0) is 15.8 Å². The first-order chi connectivity index (χ1) is 9.81. The van der Waals surface area contributed by atoms with Crippen LogP contribution in [0.3, 0.4) is 0 Å². The van der Waals surface area contributed by atoms with E-state index in [1.807, 2.05) is 12.1 Å². The lowest BCUT2D eigenvalue weighted by molar-refractivity contribution is 0.212. The Labute approximate surface area is 132 Å². The Morgan fingerprint density at radius 1 is 1.33 bits per heavy atom. The minimum Gasteiger partial charge on any atom is -0.389 e. The summed E-state index contributed by atoms with van der Waals surface area (Å²) in [6.07, 6.45) is 0.914. The maximum Gasteiger partial charge on any atom is 0.218 e. The van der Waals surface area contributed by atoms with Gasteiger partial charge in [0.15, 0.2) is 0 Å². The van der Waals surface area contributed by atoms with Crippen LogP contribution in [0.25, 0.3) is 0 Å². The van der Waals surface area contributed by atoms with E-state index in [0.29, 0.717) is 36.1 Å². The molecule has 0 aliphatic carbocycles. The van der Waals surface area contributed by atoms with Gasteiger partial charge in [0, 0.05) is 18.7 Å². The van der Waals surface area contributed by atoms with Crippen molar-refractivity contribution in [3.05, 3.63) is 35.4 Å². The Kier molecular flexibility index (Phi) is 5.01. The molecule has 6 heteroatoms. The molecule has 2 atom stereocenters. The van der Waals surface area contributed by atoms with Gasteiger partial charge in [0.05, 0.1) is 5.75 Å². The first-order valence-electron chi connectivity index (χ1n) is 7.17. The van der Waals surface area contributed by atoms with E-state index < -0.39 is 10.0 Å². The van der Waals surface area contributed by atoms with Crippen molar-refractivity contribution in [2.24, 2.45) is 17.6 Å². The Morgan fingerprint density at radius 3 is 2.62 bits per heavy atom. The molecule has 1 saturated heterocycles. The van der Waals surface area contributed by atoms with Gasteiger partial charge in [-0.05, 0) is 23.8 Å². The van der Waals surface area contributed by atoms with Crippen molar-refractivity contribution in [3.63, 3.8) is 0 Å². The highest BCUT2D eigenvalue weighted by Gasteiger charge is 2.31. The van der Waals surface area contributed by atoms with Crippen LogP contribution in [0.5, 0.6) is 0 Å². The second-order valence-electron chi connectivity index (χ2n) is 5.88. The lowest BCUT2D eigenvalue weighted by Crippen LogP contribution is -2.42. The molecular weight excluding hydrogens is 304 g/mol. The first-order valence-corrected chi connectivity index (χ1v) is 9.18. The van der Waals surface area contributed by atoms with E-state index in [0.717, 1.165) is 6.42 Å².